The van der Waals surface area contributed by atoms with E-state index in [0.29, 0.717) is 17.1 Å². The Balaban J connectivity index is 2.43. The average molecular weight is 225 g/mol. The molecule has 3 N–H and O–H groups in total. The third-order valence-electron chi connectivity index (χ3n) is 2.25. The first kappa shape index (κ1) is 11.0. The molecule has 1 aromatic heterocycles. The highest BCUT2D eigenvalue weighted by Crippen LogP contribution is 2.19. The molecule has 0 atom stereocenters. The molecule has 17 heavy (non-hydrogen) atoms. The summed E-state index contributed by atoms with van der Waals surface area (Å²) in [5.74, 6) is 0.412. The molecule has 0 amide bonds. The lowest BCUT2D eigenvalue weighted by Crippen LogP contribution is -2.13. The van der Waals surface area contributed by atoms with Gasteiger partial charge in [-0.3, -0.25) is 0 Å². The highest BCUT2D eigenvalue weighted by Gasteiger charge is 2.07. The monoisotopic (exact) mass is 225 g/mol. The molecule has 0 saturated carbocycles. The van der Waals surface area contributed by atoms with E-state index in [0.717, 1.165) is 5.56 Å². The molecule has 0 radical (unpaired) electrons. The molecule has 0 unspecified atom stereocenters. The number of anilines is 1. The van der Waals surface area contributed by atoms with Crippen LogP contribution in [0.25, 0.3) is 11.3 Å². The van der Waals surface area contributed by atoms with Crippen molar-refractivity contribution in [1.82, 2.24) is 10.2 Å². The standard InChI is InChI=1S/C12H11N5/c13-7-10-6-11(9-4-2-1-3-5-9)16-17-12(10)15-8-14/h1-6H,8,14H2,(H,15,17). The molecule has 0 aliphatic carbocycles. The van der Waals surface area contributed by atoms with Crippen molar-refractivity contribution in [3.63, 3.8) is 0 Å². The summed E-state index contributed by atoms with van der Waals surface area (Å²) in [5, 5.41) is 19.8. The van der Waals surface area contributed by atoms with Crippen LogP contribution in [0.3, 0.4) is 0 Å². The Bertz CT molecular complexity index is 545. The first-order valence-corrected chi connectivity index (χ1v) is 5.12. The SMILES string of the molecule is N#Cc1cc(-c2ccccc2)nnc1NCN. The van der Waals surface area contributed by atoms with Crippen LogP contribution in [0.15, 0.2) is 36.4 Å². The van der Waals surface area contributed by atoms with Gasteiger partial charge in [0.05, 0.1) is 17.9 Å². The molecule has 0 fully saturated rings. The maximum atomic E-state index is 9.02. The fourth-order valence-electron chi connectivity index (χ4n) is 1.45. The van der Waals surface area contributed by atoms with Gasteiger partial charge in [0.1, 0.15) is 6.07 Å². The number of nitrogens with zero attached hydrogens (tertiary/aromatic N) is 3. The van der Waals surface area contributed by atoms with Crippen LogP contribution in [0.4, 0.5) is 5.82 Å². The smallest absolute Gasteiger partial charge is 0.167 e. The van der Waals surface area contributed by atoms with E-state index in [9.17, 15) is 0 Å². The highest BCUT2D eigenvalue weighted by atomic mass is 15.2. The zero-order chi connectivity index (χ0) is 12.1. The van der Waals surface area contributed by atoms with Gasteiger partial charge in [-0.2, -0.15) is 5.26 Å². The van der Waals surface area contributed by atoms with Crippen molar-refractivity contribution in [1.29, 1.82) is 5.26 Å². The summed E-state index contributed by atoms with van der Waals surface area (Å²) in [6.45, 7) is 0.216. The topological polar surface area (TPSA) is 87.6 Å². The van der Waals surface area contributed by atoms with Crippen molar-refractivity contribution < 1.29 is 0 Å². The fourth-order valence-corrected chi connectivity index (χ4v) is 1.45. The third kappa shape index (κ3) is 2.38. The Morgan fingerprint density at radius 3 is 2.65 bits per heavy atom. The number of hydrogen-bond acceptors (Lipinski definition) is 5. The van der Waals surface area contributed by atoms with E-state index in [4.69, 9.17) is 11.0 Å². The Morgan fingerprint density at radius 1 is 1.24 bits per heavy atom. The maximum absolute atomic E-state index is 9.02. The summed E-state index contributed by atoms with van der Waals surface area (Å²) >= 11 is 0. The lowest BCUT2D eigenvalue weighted by Gasteiger charge is -2.05. The van der Waals surface area contributed by atoms with E-state index >= 15 is 0 Å². The zero-order valence-corrected chi connectivity index (χ0v) is 9.09. The van der Waals surface area contributed by atoms with Gasteiger partial charge in [-0.05, 0) is 6.07 Å². The zero-order valence-electron chi connectivity index (χ0n) is 9.09. The molecule has 0 aliphatic heterocycles. The van der Waals surface area contributed by atoms with Crippen LogP contribution in [0.2, 0.25) is 0 Å². The molecule has 0 saturated heterocycles. The Hall–Kier alpha value is -2.45. The Morgan fingerprint density at radius 2 is 2.00 bits per heavy atom. The van der Waals surface area contributed by atoms with Gasteiger partial charge in [-0.1, -0.05) is 30.3 Å². The number of rotatable bonds is 3. The average Bonchev–Trinajstić information content (AvgIpc) is 2.40. The van der Waals surface area contributed by atoms with Gasteiger partial charge in [0.15, 0.2) is 5.82 Å². The summed E-state index contributed by atoms with van der Waals surface area (Å²) in [4.78, 5) is 0. The molecule has 0 aliphatic rings. The Labute approximate surface area is 98.9 Å². The van der Waals surface area contributed by atoms with Crippen LogP contribution < -0.4 is 11.1 Å². The van der Waals surface area contributed by atoms with Gasteiger partial charge in [-0.15, -0.1) is 10.2 Å². The molecule has 5 nitrogen and oxygen atoms in total. The first-order chi connectivity index (χ1) is 8.35. The molecule has 1 aromatic carbocycles. The molecule has 0 bridgehead atoms. The number of hydrogen-bond donors (Lipinski definition) is 2. The molecule has 84 valence electrons. The number of nitriles is 1. The summed E-state index contributed by atoms with van der Waals surface area (Å²) in [5.41, 5.74) is 7.38. The van der Waals surface area contributed by atoms with Crippen LogP contribution in [0.5, 0.6) is 0 Å². The number of benzene rings is 1. The molecular formula is C12H11N5. The minimum absolute atomic E-state index is 0.216. The fraction of sp³-hybridized carbons (Fsp3) is 0.0833. The van der Waals surface area contributed by atoms with Gasteiger partial charge >= 0.3 is 0 Å². The second-order valence-corrected chi connectivity index (χ2v) is 3.35. The van der Waals surface area contributed by atoms with Gasteiger partial charge < -0.3 is 11.1 Å². The molecule has 1 heterocycles. The van der Waals surface area contributed by atoms with Gasteiger partial charge in [-0.25, -0.2) is 0 Å². The third-order valence-corrected chi connectivity index (χ3v) is 2.25. The molecular weight excluding hydrogens is 214 g/mol. The summed E-state index contributed by atoms with van der Waals surface area (Å²) in [6.07, 6.45) is 0. The van der Waals surface area contributed by atoms with E-state index in [1.165, 1.54) is 0 Å². The van der Waals surface area contributed by atoms with Crippen molar-refractivity contribution in [2.75, 3.05) is 12.0 Å². The van der Waals surface area contributed by atoms with Crippen molar-refractivity contribution in [2.45, 2.75) is 0 Å². The van der Waals surface area contributed by atoms with E-state index in [1.807, 2.05) is 30.3 Å². The second-order valence-electron chi connectivity index (χ2n) is 3.35. The number of nitrogens with two attached hydrogens (primary N) is 1. The first-order valence-electron chi connectivity index (χ1n) is 5.12. The van der Waals surface area contributed by atoms with Crippen LogP contribution in [-0.2, 0) is 0 Å². The minimum Gasteiger partial charge on any atom is -0.355 e. The number of nitrogens with one attached hydrogen (secondary N) is 1. The van der Waals surface area contributed by atoms with Gasteiger partial charge in [0.25, 0.3) is 0 Å². The quantitative estimate of drug-likeness (QED) is 0.770. The molecule has 2 aromatic rings. The van der Waals surface area contributed by atoms with Crippen LogP contribution >= 0.6 is 0 Å². The van der Waals surface area contributed by atoms with Crippen LogP contribution in [0, 0.1) is 11.3 Å². The van der Waals surface area contributed by atoms with E-state index in [2.05, 4.69) is 21.6 Å². The van der Waals surface area contributed by atoms with E-state index < -0.39 is 0 Å². The minimum atomic E-state index is 0.216. The summed E-state index contributed by atoms with van der Waals surface area (Å²) in [7, 11) is 0. The van der Waals surface area contributed by atoms with Crippen molar-refractivity contribution in [3.8, 4) is 17.3 Å². The largest absolute Gasteiger partial charge is 0.355 e. The normalized spacial score (nSPS) is 9.65. The Kier molecular flexibility index (Phi) is 3.28. The van der Waals surface area contributed by atoms with Gasteiger partial charge in [0, 0.05) is 5.56 Å². The van der Waals surface area contributed by atoms with Crippen molar-refractivity contribution >= 4 is 5.82 Å². The lowest BCUT2D eigenvalue weighted by molar-refractivity contribution is 1.00. The predicted octanol–water partition coefficient (Wildman–Crippen LogP) is 1.34. The maximum Gasteiger partial charge on any atom is 0.167 e. The lowest BCUT2D eigenvalue weighted by atomic mass is 10.1. The van der Waals surface area contributed by atoms with Gasteiger partial charge in [0.2, 0.25) is 0 Å². The van der Waals surface area contributed by atoms with Crippen molar-refractivity contribution in [3.05, 3.63) is 42.0 Å². The van der Waals surface area contributed by atoms with Crippen LogP contribution in [-0.4, -0.2) is 16.9 Å². The number of aromatic nitrogens is 2. The molecule has 5 heteroatoms. The summed E-state index contributed by atoms with van der Waals surface area (Å²) in [6, 6.07) is 13.3. The van der Waals surface area contributed by atoms with E-state index in [1.54, 1.807) is 6.07 Å². The van der Waals surface area contributed by atoms with E-state index in [-0.39, 0.29) is 6.67 Å². The second kappa shape index (κ2) is 5.05. The highest BCUT2D eigenvalue weighted by molar-refractivity contribution is 5.63. The predicted molar refractivity (Wildman–Crippen MR) is 64.9 cm³/mol. The van der Waals surface area contributed by atoms with Crippen LogP contribution in [0.1, 0.15) is 5.56 Å². The summed E-state index contributed by atoms with van der Waals surface area (Å²) < 4.78 is 0. The van der Waals surface area contributed by atoms with Crippen molar-refractivity contribution in [2.24, 2.45) is 5.73 Å². The molecule has 0 spiro atoms. The molecule has 2 rings (SSSR count).